The SMILES string of the molecule is CCC(C(=O)NC)N(Cc1ccc(OC)cc1)C(=O)COc1ccc(Br)cc1Cl. The van der Waals surface area contributed by atoms with E-state index in [0.717, 1.165) is 15.8 Å². The number of benzene rings is 2. The summed E-state index contributed by atoms with van der Waals surface area (Å²) in [6.45, 7) is 1.90. The van der Waals surface area contributed by atoms with E-state index in [1.165, 1.54) is 4.90 Å². The highest BCUT2D eigenvalue weighted by Gasteiger charge is 2.28. The summed E-state index contributed by atoms with van der Waals surface area (Å²) >= 11 is 9.49. The van der Waals surface area contributed by atoms with Crippen LogP contribution in [0.5, 0.6) is 11.5 Å². The minimum atomic E-state index is -0.612. The largest absolute Gasteiger partial charge is 0.497 e. The molecule has 0 aliphatic heterocycles. The molecule has 1 unspecified atom stereocenters. The van der Waals surface area contributed by atoms with Crippen LogP contribution in [0, 0.1) is 0 Å². The highest BCUT2D eigenvalue weighted by atomic mass is 79.9. The molecule has 0 aliphatic rings. The molecular formula is C21H24BrClN2O4. The van der Waals surface area contributed by atoms with Crippen LogP contribution in [0.3, 0.4) is 0 Å². The lowest BCUT2D eigenvalue weighted by atomic mass is 10.1. The van der Waals surface area contributed by atoms with E-state index >= 15 is 0 Å². The van der Waals surface area contributed by atoms with Gasteiger partial charge in [0.15, 0.2) is 6.61 Å². The van der Waals surface area contributed by atoms with Gasteiger partial charge in [-0.25, -0.2) is 0 Å². The number of ether oxygens (including phenoxy) is 2. The number of rotatable bonds is 9. The van der Waals surface area contributed by atoms with Crippen molar-refractivity contribution in [2.75, 3.05) is 20.8 Å². The Balaban J connectivity index is 2.19. The number of halogens is 2. The van der Waals surface area contributed by atoms with Crippen LogP contribution in [-0.2, 0) is 16.1 Å². The highest BCUT2D eigenvalue weighted by molar-refractivity contribution is 9.10. The van der Waals surface area contributed by atoms with Crippen LogP contribution in [0.1, 0.15) is 18.9 Å². The van der Waals surface area contributed by atoms with Gasteiger partial charge in [0.25, 0.3) is 5.91 Å². The number of amides is 2. The van der Waals surface area contributed by atoms with Crippen LogP contribution in [-0.4, -0.2) is 43.5 Å². The van der Waals surface area contributed by atoms with Crippen molar-refractivity contribution in [3.8, 4) is 11.5 Å². The molecule has 0 aliphatic carbocycles. The molecular weight excluding hydrogens is 460 g/mol. The number of carbonyl (C=O) groups is 2. The van der Waals surface area contributed by atoms with Crippen LogP contribution in [0.2, 0.25) is 5.02 Å². The van der Waals surface area contributed by atoms with Gasteiger partial charge in [-0.15, -0.1) is 0 Å². The van der Waals surface area contributed by atoms with Gasteiger partial charge in [0, 0.05) is 18.1 Å². The Morgan fingerprint density at radius 1 is 1.21 bits per heavy atom. The Labute approximate surface area is 184 Å². The van der Waals surface area contributed by atoms with Crippen molar-refractivity contribution >= 4 is 39.3 Å². The molecule has 0 aromatic heterocycles. The summed E-state index contributed by atoms with van der Waals surface area (Å²) in [6.07, 6.45) is 0.473. The van der Waals surface area contributed by atoms with Gasteiger partial charge >= 0.3 is 0 Å². The van der Waals surface area contributed by atoms with Crippen molar-refractivity contribution < 1.29 is 19.1 Å². The van der Waals surface area contributed by atoms with Crippen molar-refractivity contribution in [1.82, 2.24) is 10.2 Å². The number of nitrogens with zero attached hydrogens (tertiary/aromatic N) is 1. The van der Waals surface area contributed by atoms with Gasteiger partial charge in [0.05, 0.1) is 12.1 Å². The summed E-state index contributed by atoms with van der Waals surface area (Å²) in [6, 6.07) is 11.9. The van der Waals surface area contributed by atoms with E-state index in [-0.39, 0.29) is 25.0 Å². The average molecular weight is 484 g/mol. The summed E-state index contributed by atoms with van der Waals surface area (Å²) in [4.78, 5) is 26.9. The third kappa shape index (κ3) is 6.37. The number of nitrogens with one attached hydrogen (secondary N) is 1. The zero-order valence-corrected chi connectivity index (χ0v) is 18.9. The summed E-state index contributed by atoms with van der Waals surface area (Å²) in [7, 11) is 3.15. The minimum absolute atomic E-state index is 0.226. The van der Waals surface area contributed by atoms with E-state index in [9.17, 15) is 9.59 Å². The van der Waals surface area contributed by atoms with Gasteiger partial charge < -0.3 is 19.7 Å². The Morgan fingerprint density at radius 2 is 1.90 bits per heavy atom. The molecule has 0 saturated heterocycles. The topological polar surface area (TPSA) is 67.9 Å². The van der Waals surface area contributed by atoms with Gasteiger partial charge in [-0.2, -0.15) is 0 Å². The first kappa shape index (κ1) is 23.0. The molecule has 2 rings (SSSR count). The number of likely N-dealkylation sites (N-methyl/N-ethyl adjacent to an activating group) is 1. The van der Waals surface area contributed by atoms with E-state index in [1.54, 1.807) is 32.4 Å². The second-order valence-corrected chi connectivity index (χ2v) is 7.59. The number of hydrogen-bond acceptors (Lipinski definition) is 4. The highest BCUT2D eigenvalue weighted by Crippen LogP contribution is 2.28. The maximum atomic E-state index is 13.0. The molecule has 1 N–H and O–H groups in total. The van der Waals surface area contributed by atoms with Gasteiger partial charge in [0.2, 0.25) is 5.91 Å². The lowest BCUT2D eigenvalue weighted by Crippen LogP contribution is -2.49. The quantitative estimate of drug-likeness (QED) is 0.584. The number of carbonyl (C=O) groups excluding carboxylic acids is 2. The maximum absolute atomic E-state index is 13.0. The molecule has 2 aromatic carbocycles. The zero-order chi connectivity index (χ0) is 21.4. The van der Waals surface area contributed by atoms with Crippen molar-refractivity contribution in [2.24, 2.45) is 0 Å². The molecule has 0 radical (unpaired) electrons. The summed E-state index contributed by atoms with van der Waals surface area (Å²) in [5.74, 6) is 0.588. The Morgan fingerprint density at radius 3 is 2.45 bits per heavy atom. The Hall–Kier alpha value is -2.25. The van der Waals surface area contributed by atoms with Gasteiger partial charge in [-0.1, -0.05) is 46.6 Å². The molecule has 29 heavy (non-hydrogen) atoms. The molecule has 2 aromatic rings. The standard InChI is InChI=1S/C21H24BrClN2O4/c1-4-18(21(27)24-2)25(12-14-5-8-16(28-3)9-6-14)20(26)13-29-19-10-7-15(22)11-17(19)23/h5-11,18H,4,12-13H2,1-3H3,(H,24,27). The molecule has 6 nitrogen and oxygen atoms in total. The molecule has 0 saturated carbocycles. The Kier molecular flexibility index (Phi) is 8.79. The molecule has 0 spiro atoms. The third-order valence-corrected chi connectivity index (χ3v) is 5.18. The molecule has 156 valence electrons. The van der Waals surface area contributed by atoms with Crippen molar-refractivity contribution in [3.63, 3.8) is 0 Å². The predicted octanol–water partition coefficient (Wildman–Crippen LogP) is 4.04. The number of hydrogen-bond donors (Lipinski definition) is 1. The first-order chi connectivity index (χ1) is 13.9. The molecule has 1 atom stereocenters. The van der Waals surface area contributed by atoms with Crippen molar-refractivity contribution in [3.05, 3.63) is 57.5 Å². The molecule has 2 amide bonds. The van der Waals surface area contributed by atoms with Crippen LogP contribution >= 0.6 is 27.5 Å². The lowest BCUT2D eigenvalue weighted by Gasteiger charge is -2.30. The number of methoxy groups -OCH3 is 1. The predicted molar refractivity (Wildman–Crippen MR) is 116 cm³/mol. The second kappa shape index (κ2) is 11.1. The smallest absolute Gasteiger partial charge is 0.261 e. The van der Waals surface area contributed by atoms with Crippen LogP contribution in [0.4, 0.5) is 0 Å². The van der Waals surface area contributed by atoms with Crippen LogP contribution in [0.25, 0.3) is 0 Å². The van der Waals surface area contributed by atoms with E-state index in [0.29, 0.717) is 17.2 Å². The summed E-state index contributed by atoms with van der Waals surface area (Å²) in [5.41, 5.74) is 0.878. The van der Waals surface area contributed by atoms with Crippen molar-refractivity contribution in [2.45, 2.75) is 25.9 Å². The molecule has 8 heteroatoms. The summed E-state index contributed by atoms with van der Waals surface area (Å²) in [5, 5.41) is 3.02. The van der Waals surface area contributed by atoms with E-state index < -0.39 is 6.04 Å². The normalized spacial score (nSPS) is 11.5. The second-order valence-electron chi connectivity index (χ2n) is 6.27. The molecule has 0 heterocycles. The van der Waals surface area contributed by atoms with Crippen molar-refractivity contribution in [1.29, 1.82) is 0 Å². The van der Waals surface area contributed by atoms with Gasteiger partial charge in [0.1, 0.15) is 17.5 Å². The first-order valence-corrected chi connectivity index (χ1v) is 10.3. The fourth-order valence-electron chi connectivity index (χ4n) is 2.83. The zero-order valence-electron chi connectivity index (χ0n) is 16.6. The first-order valence-electron chi connectivity index (χ1n) is 9.11. The Bertz CT molecular complexity index is 845. The average Bonchev–Trinajstić information content (AvgIpc) is 2.73. The lowest BCUT2D eigenvalue weighted by molar-refractivity contribution is -0.142. The molecule has 0 bridgehead atoms. The fraction of sp³-hybridized carbons (Fsp3) is 0.333. The summed E-state index contributed by atoms with van der Waals surface area (Å²) < 4.78 is 11.6. The third-order valence-electron chi connectivity index (χ3n) is 4.39. The fourth-order valence-corrected chi connectivity index (χ4v) is 3.56. The maximum Gasteiger partial charge on any atom is 0.261 e. The van der Waals surface area contributed by atoms with Gasteiger partial charge in [-0.3, -0.25) is 9.59 Å². The molecule has 0 fully saturated rings. The van der Waals surface area contributed by atoms with E-state index in [2.05, 4.69) is 21.2 Å². The van der Waals surface area contributed by atoms with Crippen LogP contribution < -0.4 is 14.8 Å². The van der Waals surface area contributed by atoms with Gasteiger partial charge in [-0.05, 0) is 42.3 Å². The monoisotopic (exact) mass is 482 g/mol. The minimum Gasteiger partial charge on any atom is -0.497 e. The van der Waals surface area contributed by atoms with E-state index in [4.69, 9.17) is 21.1 Å². The van der Waals surface area contributed by atoms with Crippen LogP contribution in [0.15, 0.2) is 46.9 Å². The van der Waals surface area contributed by atoms with E-state index in [1.807, 2.05) is 31.2 Å².